The Bertz CT molecular complexity index is 501. The largest absolute Gasteiger partial charge is 0.378 e. The second-order valence-electron chi connectivity index (χ2n) is 6.60. The van der Waals surface area contributed by atoms with E-state index < -0.39 is 0 Å². The smallest absolute Gasteiger partial charge is 0.193 e. The van der Waals surface area contributed by atoms with Gasteiger partial charge in [0, 0.05) is 18.8 Å². The van der Waals surface area contributed by atoms with Gasteiger partial charge in [-0.05, 0) is 69.2 Å². The van der Waals surface area contributed by atoms with E-state index in [9.17, 15) is 0 Å². The van der Waals surface area contributed by atoms with Crippen molar-refractivity contribution in [2.75, 3.05) is 18.5 Å². The number of ether oxygens (including phenoxy) is 1. The quantitative estimate of drug-likeness (QED) is 0.590. The van der Waals surface area contributed by atoms with Crippen LogP contribution < -0.4 is 11.1 Å². The number of hydrogen-bond donors (Lipinski definition) is 2. The Morgan fingerprint density at radius 2 is 1.91 bits per heavy atom. The molecule has 1 aliphatic rings. The zero-order valence-corrected chi connectivity index (χ0v) is 14.8. The van der Waals surface area contributed by atoms with Crippen LogP contribution >= 0.6 is 0 Å². The number of nitrogens with one attached hydrogen (secondary N) is 1. The average Bonchev–Trinajstić information content (AvgIpc) is 2.99. The van der Waals surface area contributed by atoms with Gasteiger partial charge in [0.15, 0.2) is 5.96 Å². The van der Waals surface area contributed by atoms with Crippen LogP contribution in [0, 0.1) is 19.8 Å². The third-order valence-electron chi connectivity index (χ3n) is 4.50. The first-order valence-corrected chi connectivity index (χ1v) is 8.85. The van der Waals surface area contributed by atoms with Crippen LogP contribution in [0.4, 0.5) is 5.69 Å². The van der Waals surface area contributed by atoms with Gasteiger partial charge in [0.05, 0.1) is 6.10 Å². The molecule has 0 saturated heterocycles. The second-order valence-corrected chi connectivity index (χ2v) is 6.60. The van der Waals surface area contributed by atoms with E-state index in [1.54, 1.807) is 0 Å². The minimum absolute atomic E-state index is 0.334. The SMILES string of the molecule is CCOC(CCN=C(N)Nc1cc(C)cc(C)c1)C1CCCC1. The van der Waals surface area contributed by atoms with Gasteiger partial charge in [0.1, 0.15) is 0 Å². The third kappa shape index (κ3) is 5.87. The number of aliphatic imine (C=N–C) groups is 1. The number of anilines is 1. The van der Waals surface area contributed by atoms with Crippen LogP contribution in [0.5, 0.6) is 0 Å². The van der Waals surface area contributed by atoms with Gasteiger partial charge in [-0.3, -0.25) is 4.99 Å². The summed E-state index contributed by atoms with van der Waals surface area (Å²) in [7, 11) is 0. The van der Waals surface area contributed by atoms with Crippen molar-refractivity contribution < 1.29 is 4.74 Å². The number of rotatable bonds is 7. The van der Waals surface area contributed by atoms with Crippen LogP contribution in [0.1, 0.15) is 50.2 Å². The first-order valence-electron chi connectivity index (χ1n) is 8.85. The fraction of sp³-hybridized carbons (Fsp3) is 0.632. The highest BCUT2D eigenvalue weighted by atomic mass is 16.5. The molecule has 0 radical (unpaired) electrons. The number of nitrogens with two attached hydrogens (primary N) is 1. The summed E-state index contributed by atoms with van der Waals surface area (Å²) >= 11 is 0. The Kier molecular flexibility index (Phi) is 6.90. The van der Waals surface area contributed by atoms with Crippen LogP contribution in [0.25, 0.3) is 0 Å². The summed E-state index contributed by atoms with van der Waals surface area (Å²) in [5.74, 6) is 1.19. The molecule has 128 valence electrons. The molecule has 1 aliphatic carbocycles. The Morgan fingerprint density at radius 1 is 1.26 bits per heavy atom. The molecule has 3 N–H and O–H groups in total. The molecule has 0 amide bonds. The standard InChI is InChI=1S/C19H31N3O/c1-4-23-18(16-7-5-6-8-16)9-10-21-19(20)22-17-12-14(2)11-15(3)13-17/h11-13,16,18H,4-10H2,1-3H3,(H3,20,21,22). The topological polar surface area (TPSA) is 59.6 Å². The molecule has 1 aromatic rings. The van der Waals surface area contributed by atoms with Gasteiger partial charge in [0.25, 0.3) is 0 Å². The lowest BCUT2D eigenvalue weighted by atomic mass is 9.98. The summed E-state index contributed by atoms with van der Waals surface area (Å²) in [6.45, 7) is 7.73. The van der Waals surface area contributed by atoms with Crippen molar-refractivity contribution in [2.24, 2.45) is 16.6 Å². The third-order valence-corrected chi connectivity index (χ3v) is 4.50. The van der Waals surface area contributed by atoms with Gasteiger partial charge in [0.2, 0.25) is 0 Å². The monoisotopic (exact) mass is 317 g/mol. The van der Waals surface area contributed by atoms with Gasteiger partial charge < -0.3 is 15.8 Å². The summed E-state index contributed by atoms with van der Waals surface area (Å²) < 4.78 is 5.93. The maximum atomic E-state index is 6.02. The van der Waals surface area contributed by atoms with E-state index in [4.69, 9.17) is 10.5 Å². The number of guanidine groups is 1. The molecule has 4 heteroatoms. The van der Waals surface area contributed by atoms with Crippen LogP contribution in [-0.4, -0.2) is 25.2 Å². The maximum absolute atomic E-state index is 6.02. The lowest BCUT2D eigenvalue weighted by Crippen LogP contribution is -2.26. The van der Waals surface area contributed by atoms with Gasteiger partial charge in [-0.2, -0.15) is 0 Å². The zero-order chi connectivity index (χ0) is 16.7. The van der Waals surface area contributed by atoms with E-state index in [1.165, 1.54) is 36.8 Å². The summed E-state index contributed by atoms with van der Waals surface area (Å²) in [5, 5.41) is 3.19. The molecule has 1 atom stereocenters. The van der Waals surface area contributed by atoms with E-state index in [0.717, 1.165) is 18.7 Å². The zero-order valence-electron chi connectivity index (χ0n) is 14.8. The predicted molar refractivity (Wildman–Crippen MR) is 98.0 cm³/mol. The summed E-state index contributed by atoms with van der Waals surface area (Å²) in [4.78, 5) is 4.48. The molecule has 1 aromatic carbocycles. The Balaban J connectivity index is 1.85. The van der Waals surface area contributed by atoms with Crippen molar-refractivity contribution in [1.82, 2.24) is 0 Å². The van der Waals surface area contributed by atoms with Crippen LogP contribution in [-0.2, 0) is 4.74 Å². The number of aryl methyl sites for hydroxylation is 2. The lowest BCUT2D eigenvalue weighted by Gasteiger charge is -2.22. The highest BCUT2D eigenvalue weighted by Gasteiger charge is 2.24. The van der Waals surface area contributed by atoms with Crippen LogP contribution in [0.3, 0.4) is 0 Å². The second kappa shape index (κ2) is 8.92. The van der Waals surface area contributed by atoms with Crippen molar-refractivity contribution >= 4 is 11.6 Å². The van der Waals surface area contributed by atoms with Crippen molar-refractivity contribution in [3.8, 4) is 0 Å². The molecule has 0 aromatic heterocycles. The normalized spacial score (nSPS) is 17.4. The van der Waals surface area contributed by atoms with Crippen molar-refractivity contribution in [3.05, 3.63) is 29.3 Å². The number of benzene rings is 1. The Labute approximate surface area is 140 Å². The summed E-state index contributed by atoms with van der Waals surface area (Å²) in [5.41, 5.74) is 9.46. The lowest BCUT2D eigenvalue weighted by molar-refractivity contribution is 0.0178. The molecule has 4 nitrogen and oxygen atoms in total. The molecule has 0 bridgehead atoms. The van der Waals surface area contributed by atoms with Gasteiger partial charge in [-0.25, -0.2) is 0 Å². The van der Waals surface area contributed by atoms with E-state index in [-0.39, 0.29) is 0 Å². The van der Waals surface area contributed by atoms with Crippen molar-refractivity contribution in [2.45, 2.75) is 59.0 Å². The van der Waals surface area contributed by atoms with E-state index >= 15 is 0 Å². The predicted octanol–water partition coefficient (Wildman–Crippen LogP) is 4.02. The Morgan fingerprint density at radius 3 is 2.52 bits per heavy atom. The van der Waals surface area contributed by atoms with E-state index in [2.05, 4.69) is 49.3 Å². The van der Waals surface area contributed by atoms with E-state index in [1.807, 2.05) is 0 Å². The fourth-order valence-corrected chi connectivity index (χ4v) is 3.54. The highest BCUT2D eigenvalue weighted by Crippen LogP contribution is 2.30. The Hall–Kier alpha value is -1.55. The molecule has 1 unspecified atom stereocenters. The van der Waals surface area contributed by atoms with Gasteiger partial charge in [-0.1, -0.05) is 18.9 Å². The minimum Gasteiger partial charge on any atom is -0.378 e. The number of nitrogens with zero attached hydrogens (tertiary/aromatic N) is 1. The first kappa shape index (κ1) is 17.8. The van der Waals surface area contributed by atoms with Gasteiger partial charge >= 0.3 is 0 Å². The van der Waals surface area contributed by atoms with Crippen LogP contribution in [0.15, 0.2) is 23.2 Å². The molecule has 1 fully saturated rings. The minimum atomic E-state index is 0.334. The molecular formula is C19H31N3O. The number of hydrogen-bond acceptors (Lipinski definition) is 2. The molecule has 23 heavy (non-hydrogen) atoms. The molecule has 0 aliphatic heterocycles. The fourth-order valence-electron chi connectivity index (χ4n) is 3.54. The van der Waals surface area contributed by atoms with Gasteiger partial charge in [-0.15, -0.1) is 0 Å². The highest BCUT2D eigenvalue weighted by molar-refractivity contribution is 5.92. The molecule has 1 saturated carbocycles. The summed E-state index contributed by atoms with van der Waals surface area (Å²) in [6, 6.07) is 6.31. The molecular weight excluding hydrogens is 286 g/mol. The van der Waals surface area contributed by atoms with Crippen molar-refractivity contribution in [1.29, 1.82) is 0 Å². The van der Waals surface area contributed by atoms with Crippen LogP contribution in [0.2, 0.25) is 0 Å². The molecule has 0 spiro atoms. The first-order chi connectivity index (χ1) is 11.1. The van der Waals surface area contributed by atoms with Crippen molar-refractivity contribution in [3.63, 3.8) is 0 Å². The molecule has 0 heterocycles. The maximum Gasteiger partial charge on any atom is 0.193 e. The van der Waals surface area contributed by atoms with E-state index in [0.29, 0.717) is 24.5 Å². The molecule has 2 rings (SSSR count). The average molecular weight is 317 g/mol. The summed E-state index contributed by atoms with van der Waals surface area (Å²) in [6.07, 6.45) is 6.56.